The highest BCUT2D eigenvalue weighted by Gasteiger charge is 2.43. The molecule has 4 atom stereocenters. The molecule has 5 nitrogen and oxygen atoms in total. The van der Waals surface area contributed by atoms with Gasteiger partial charge in [-0.15, -0.1) is 0 Å². The number of benzene rings is 2. The Bertz CT molecular complexity index is 950. The second kappa shape index (κ2) is 9.31. The zero-order valence-corrected chi connectivity index (χ0v) is 19.0. The van der Waals surface area contributed by atoms with E-state index in [4.69, 9.17) is 4.74 Å². The molecule has 2 saturated heterocycles. The third-order valence-corrected chi connectivity index (χ3v) is 6.66. The third-order valence-electron chi connectivity index (χ3n) is 6.66. The molecule has 170 valence electrons. The van der Waals surface area contributed by atoms with E-state index in [9.17, 15) is 14.0 Å². The van der Waals surface area contributed by atoms with Crippen LogP contribution in [-0.4, -0.2) is 36.9 Å². The number of nitrogens with zero attached hydrogens (tertiary/aromatic N) is 2. The Morgan fingerprint density at radius 3 is 2.22 bits per heavy atom. The lowest BCUT2D eigenvalue weighted by atomic mass is 9.81. The third kappa shape index (κ3) is 4.50. The van der Waals surface area contributed by atoms with Crippen LogP contribution in [0.3, 0.4) is 0 Å². The molecule has 0 radical (unpaired) electrons. The molecule has 2 heterocycles. The standard InChI is InChI=1S/C26H31FN2O3/c1-17-14-18(2)16-28(15-17)26(31)23-12-13-24(30)29(21-8-10-22(32-3)11-9-21)25(23)19-4-6-20(27)7-5-19/h4-11,17-18,23,25H,12-16H2,1-3H3/t17-,18+,23-,25+/m1/s1. The Hall–Kier alpha value is -2.89. The lowest BCUT2D eigenvalue weighted by Crippen LogP contribution is -2.52. The van der Waals surface area contributed by atoms with Crippen LogP contribution >= 0.6 is 0 Å². The van der Waals surface area contributed by atoms with Crippen molar-refractivity contribution in [2.24, 2.45) is 17.8 Å². The largest absolute Gasteiger partial charge is 0.497 e. The summed E-state index contributed by atoms with van der Waals surface area (Å²) in [6.07, 6.45) is 1.91. The van der Waals surface area contributed by atoms with Gasteiger partial charge in [-0.05, 0) is 66.6 Å². The first-order chi connectivity index (χ1) is 15.4. The number of piperidine rings is 2. The monoisotopic (exact) mass is 438 g/mol. The number of hydrogen-bond acceptors (Lipinski definition) is 3. The number of hydrogen-bond donors (Lipinski definition) is 0. The number of rotatable bonds is 4. The first-order valence-corrected chi connectivity index (χ1v) is 11.4. The molecule has 4 rings (SSSR count). The van der Waals surface area contributed by atoms with Crippen molar-refractivity contribution in [3.8, 4) is 5.75 Å². The molecule has 0 saturated carbocycles. The van der Waals surface area contributed by atoms with Crippen molar-refractivity contribution >= 4 is 17.5 Å². The second-order valence-electron chi connectivity index (χ2n) is 9.29. The topological polar surface area (TPSA) is 49.9 Å². The van der Waals surface area contributed by atoms with Crippen LogP contribution in [0, 0.1) is 23.6 Å². The van der Waals surface area contributed by atoms with Crippen molar-refractivity contribution in [1.29, 1.82) is 0 Å². The van der Waals surface area contributed by atoms with Gasteiger partial charge in [0.15, 0.2) is 0 Å². The molecule has 0 spiro atoms. The smallest absolute Gasteiger partial charge is 0.228 e. The van der Waals surface area contributed by atoms with Crippen molar-refractivity contribution < 1.29 is 18.7 Å². The molecular weight excluding hydrogens is 407 g/mol. The predicted molar refractivity (Wildman–Crippen MR) is 122 cm³/mol. The summed E-state index contributed by atoms with van der Waals surface area (Å²) in [6.45, 7) is 5.85. The molecule has 0 bridgehead atoms. The number of amides is 2. The van der Waals surface area contributed by atoms with Crippen molar-refractivity contribution in [2.75, 3.05) is 25.1 Å². The number of ether oxygens (including phenoxy) is 1. The molecule has 2 aliphatic heterocycles. The summed E-state index contributed by atoms with van der Waals surface area (Å²) in [5.41, 5.74) is 1.48. The Morgan fingerprint density at radius 1 is 1.00 bits per heavy atom. The van der Waals surface area contributed by atoms with Gasteiger partial charge in [-0.3, -0.25) is 9.59 Å². The molecule has 6 heteroatoms. The van der Waals surface area contributed by atoms with E-state index >= 15 is 0 Å². The van der Waals surface area contributed by atoms with Gasteiger partial charge in [0.1, 0.15) is 11.6 Å². The average Bonchev–Trinajstić information content (AvgIpc) is 2.78. The Labute approximate surface area is 189 Å². The van der Waals surface area contributed by atoms with Gasteiger partial charge in [-0.25, -0.2) is 4.39 Å². The number of methoxy groups -OCH3 is 1. The molecule has 2 aromatic rings. The number of likely N-dealkylation sites (tertiary alicyclic amines) is 1. The van der Waals surface area contributed by atoms with E-state index in [1.807, 2.05) is 29.2 Å². The van der Waals surface area contributed by atoms with Gasteiger partial charge in [0.05, 0.1) is 19.1 Å². The highest BCUT2D eigenvalue weighted by Crippen LogP contribution is 2.41. The van der Waals surface area contributed by atoms with Crippen LogP contribution in [0.1, 0.15) is 44.7 Å². The number of carbonyl (C=O) groups excluding carboxylic acids is 2. The molecular formula is C26H31FN2O3. The summed E-state index contributed by atoms with van der Waals surface area (Å²) < 4.78 is 19.0. The maximum atomic E-state index is 13.8. The molecule has 0 aliphatic carbocycles. The minimum atomic E-state index is -0.481. The van der Waals surface area contributed by atoms with Crippen LogP contribution in [0.5, 0.6) is 5.75 Å². The number of anilines is 1. The van der Waals surface area contributed by atoms with E-state index in [1.165, 1.54) is 12.1 Å². The zero-order valence-electron chi connectivity index (χ0n) is 19.0. The van der Waals surface area contributed by atoms with Crippen LogP contribution in [0.25, 0.3) is 0 Å². The fraction of sp³-hybridized carbons (Fsp3) is 0.462. The quantitative estimate of drug-likeness (QED) is 0.688. The fourth-order valence-electron chi connectivity index (χ4n) is 5.32. The van der Waals surface area contributed by atoms with Gasteiger partial charge in [-0.2, -0.15) is 0 Å². The van der Waals surface area contributed by atoms with Crippen LogP contribution in [0.2, 0.25) is 0 Å². The summed E-state index contributed by atoms with van der Waals surface area (Å²) in [4.78, 5) is 30.6. The van der Waals surface area contributed by atoms with Gasteiger partial charge in [-0.1, -0.05) is 26.0 Å². The first kappa shape index (κ1) is 22.3. The van der Waals surface area contributed by atoms with Gasteiger partial charge in [0, 0.05) is 25.2 Å². The van der Waals surface area contributed by atoms with Gasteiger partial charge in [0.25, 0.3) is 0 Å². The number of carbonyl (C=O) groups is 2. The lowest BCUT2D eigenvalue weighted by Gasteiger charge is -2.44. The van der Waals surface area contributed by atoms with Crippen molar-refractivity contribution in [3.05, 3.63) is 59.9 Å². The molecule has 0 unspecified atom stereocenters. The molecule has 2 amide bonds. The normalized spacial score (nSPS) is 26.2. The molecule has 0 aromatic heterocycles. The van der Waals surface area contributed by atoms with Crippen molar-refractivity contribution in [2.45, 2.75) is 39.2 Å². The Morgan fingerprint density at radius 2 is 1.62 bits per heavy atom. The van der Waals surface area contributed by atoms with Crippen LogP contribution < -0.4 is 9.64 Å². The van der Waals surface area contributed by atoms with E-state index in [2.05, 4.69) is 13.8 Å². The van der Waals surface area contributed by atoms with Crippen LogP contribution in [0.15, 0.2) is 48.5 Å². The molecule has 0 N–H and O–H groups in total. The average molecular weight is 439 g/mol. The zero-order chi connectivity index (χ0) is 22.8. The summed E-state index contributed by atoms with van der Waals surface area (Å²) >= 11 is 0. The molecule has 2 fully saturated rings. The summed E-state index contributed by atoms with van der Waals surface area (Å²) in [6, 6.07) is 13.0. The van der Waals surface area contributed by atoms with Gasteiger partial charge >= 0.3 is 0 Å². The molecule has 2 aliphatic rings. The highest BCUT2D eigenvalue weighted by molar-refractivity contribution is 5.97. The minimum absolute atomic E-state index is 0.0334. The maximum Gasteiger partial charge on any atom is 0.228 e. The van der Waals surface area contributed by atoms with Crippen molar-refractivity contribution in [3.63, 3.8) is 0 Å². The molecule has 32 heavy (non-hydrogen) atoms. The Kier molecular flexibility index (Phi) is 6.49. The van der Waals surface area contributed by atoms with Crippen molar-refractivity contribution in [1.82, 2.24) is 4.90 Å². The van der Waals surface area contributed by atoms with Gasteiger partial charge < -0.3 is 14.5 Å². The first-order valence-electron chi connectivity index (χ1n) is 11.4. The SMILES string of the molecule is COc1ccc(N2C(=O)CC[C@@H](C(=O)N3C[C@H](C)C[C@H](C)C3)[C@@H]2c2ccc(F)cc2)cc1. The van der Waals surface area contributed by atoms with Crippen LogP contribution in [0.4, 0.5) is 10.1 Å². The van der Waals surface area contributed by atoms with Gasteiger partial charge in [0.2, 0.25) is 11.8 Å². The predicted octanol–water partition coefficient (Wildman–Crippen LogP) is 4.82. The summed E-state index contributed by atoms with van der Waals surface area (Å²) in [5, 5.41) is 0. The Balaban J connectivity index is 1.73. The van der Waals surface area contributed by atoms with E-state index in [-0.39, 0.29) is 23.5 Å². The highest BCUT2D eigenvalue weighted by atomic mass is 19.1. The summed E-state index contributed by atoms with van der Waals surface area (Å²) in [5.74, 6) is 0.939. The van der Waals surface area contributed by atoms with E-state index < -0.39 is 6.04 Å². The maximum absolute atomic E-state index is 13.8. The van der Waals surface area contributed by atoms with E-state index in [1.54, 1.807) is 24.1 Å². The number of halogens is 1. The second-order valence-corrected chi connectivity index (χ2v) is 9.29. The minimum Gasteiger partial charge on any atom is -0.497 e. The van der Waals surface area contributed by atoms with Crippen LogP contribution in [-0.2, 0) is 9.59 Å². The molecule has 2 aromatic carbocycles. The van der Waals surface area contributed by atoms with E-state index in [0.717, 1.165) is 25.1 Å². The fourth-order valence-corrected chi connectivity index (χ4v) is 5.32. The van der Waals surface area contributed by atoms with E-state index in [0.29, 0.717) is 36.1 Å². The lowest BCUT2D eigenvalue weighted by molar-refractivity contribution is -0.141. The summed E-state index contributed by atoms with van der Waals surface area (Å²) in [7, 11) is 1.59.